The Bertz CT molecular complexity index is 460. The fraction of sp³-hybridized carbons (Fsp3) is 0.467. The van der Waals surface area contributed by atoms with Crippen molar-refractivity contribution < 1.29 is 14.3 Å². The number of rotatable bonds is 8. The molecule has 0 fully saturated rings. The van der Waals surface area contributed by atoms with E-state index in [4.69, 9.17) is 10.6 Å². The summed E-state index contributed by atoms with van der Waals surface area (Å²) in [6.45, 7) is 5.75. The van der Waals surface area contributed by atoms with Crippen LogP contribution >= 0.6 is 0 Å². The molecule has 6 heteroatoms. The number of carbonyl (C=O) groups excluding carboxylic acids is 2. The van der Waals surface area contributed by atoms with Gasteiger partial charge in [0.05, 0.1) is 13.0 Å². The van der Waals surface area contributed by atoms with Crippen molar-refractivity contribution in [1.82, 2.24) is 10.3 Å². The molecule has 1 rings (SSSR count). The summed E-state index contributed by atoms with van der Waals surface area (Å²) in [6.07, 6.45) is 0.177. The van der Waals surface area contributed by atoms with Crippen LogP contribution in [0.4, 0.5) is 0 Å². The molecular weight excluding hydrogens is 270 g/mol. The van der Waals surface area contributed by atoms with Crippen molar-refractivity contribution in [3.05, 3.63) is 35.4 Å². The number of benzene rings is 1. The van der Waals surface area contributed by atoms with Crippen LogP contribution in [0.1, 0.15) is 36.2 Å². The molecule has 21 heavy (non-hydrogen) atoms. The molecule has 0 aliphatic carbocycles. The standard InChI is InChI=1S/C15H23N3O3/c1-3-18(16)11-12-5-7-13(8-6-12)15(20)17-10-9-14(19)21-4-2/h5-8H,3-4,9-11,16H2,1-2H3,(H,17,20). The zero-order valence-electron chi connectivity index (χ0n) is 12.6. The number of nitrogens with zero attached hydrogens (tertiary/aromatic N) is 1. The summed E-state index contributed by atoms with van der Waals surface area (Å²) in [4.78, 5) is 23.0. The molecule has 0 bridgehead atoms. The molecule has 1 amide bonds. The van der Waals surface area contributed by atoms with Gasteiger partial charge in [0.25, 0.3) is 5.91 Å². The van der Waals surface area contributed by atoms with E-state index in [0.717, 1.165) is 12.1 Å². The number of nitrogens with two attached hydrogens (primary N) is 1. The first-order valence-electron chi connectivity index (χ1n) is 7.09. The monoisotopic (exact) mass is 293 g/mol. The SMILES string of the molecule is CCOC(=O)CCNC(=O)c1ccc(CN(N)CC)cc1. The van der Waals surface area contributed by atoms with Gasteiger partial charge >= 0.3 is 5.97 Å². The van der Waals surface area contributed by atoms with Crippen LogP contribution in [0, 0.1) is 0 Å². The fourth-order valence-corrected chi connectivity index (χ4v) is 1.72. The molecule has 0 aromatic heterocycles. The molecule has 0 radical (unpaired) electrons. The van der Waals surface area contributed by atoms with Crippen LogP contribution in [0.3, 0.4) is 0 Å². The van der Waals surface area contributed by atoms with Gasteiger partial charge in [-0.2, -0.15) is 0 Å². The van der Waals surface area contributed by atoms with E-state index in [2.05, 4.69) is 5.32 Å². The average Bonchev–Trinajstić information content (AvgIpc) is 2.48. The number of carbonyl (C=O) groups is 2. The van der Waals surface area contributed by atoms with Gasteiger partial charge in [-0.05, 0) is 24.6 Å². The lowest BCUT2D eigenvalue weighted by molar-refractivity contribution is -0.142. The highest BCUT2D eigenvalue weighted by Gasteiger charge is 2.07. The van der Waals surface area contributed by atoms with Gasteiger partial charge in [0.15, 0.2) is 0 Å². The first kappa shape index (κ1) is 17.1. The summed E-state index contributed by atoms with van der Waals surface area (Å²) in [5.74, 6) is 5.22. The molecule has 1 aromatic rings. The van der Waals surface area contributed by atoms with E-state index in [1.165, 1.54) is 0 Å². The maximum Gasteiger partial charge on any atom is 0.307 e. The zero-order chi connectivity index (χ0) is 15.7. The first-order chi connectivity index (χ1) is 10.1. The van der Waals surface area contributed by atoms with Crippen LogP contribution in [0.2, 0.25) is 0 Å². The molecule has 0 saturated heterocycles. The van der Waals surface area contributed by atoms with Gasteiger partial charge in [0.2, 0.25) is 0 Å². The van der Waals surface area contributed by atoms with Gasteiger partial charge < -0.3 is 10.1 Å². The molecule has 3 N–H and O–H groups in total. The Kier molecular flexibility index (Phi) is 7.42. The number of ether oxygens (including phenoxy) is 1. The lowest BCUT2D eigenvalue weighted by Crippen LogP contribution is -2.30. The minimum atomic E-state index is -0.309. The van der Waals surface area contributed by atoms with E-state index in [1.807, 2.05) is 19.1 Å². The molecule has 0 atom stereocenters. The summed E-state index contributed by atoms with van der Waals surface area (Å²) in [5.41, 5.74) is 1.60. The summed E-state index contributed by atoms with van der Waals surface area (Å²) in [6, 6.07) is 7.24. The smallest absolute Gasteiger partial charge is 0.307 e. The minimum absolute atomic E-state index is 0.177. The first-order valence-corrected chi connectivity index (χ1v) is 7.09. The topological polar surface area (TPSA) is 84.7 Å². The second kappa shape index (κ2) is 9.10. The van der Waals surface area contributed by atoms with E-state index in [9.17, 15) is 9.59 Å². The van der Waals surface area contributed by atoms with Gasteiger partial charge in [-0.3, -0.25) is 15.4 Å². The fourth-order valence-electron chi connectivity index (χ4n) is 1.72. The quantitative estimate of drug-likeness (QED) is 0.425. The van der Waals surface area contributed by atoms with Gasteiger partial charge in [-0.15, -0.1) is 0 Å². The molecule has 0 unspecified atom stereocenters. The Balaban J connectivity index is 2.42. The largest absolute Gasteiger partial charge is 0.466 e. The summed E-state index contributed by atoms with van der Waals surface area (Å²) in [7, 11) is 0. The molecule has 6 nitrogen and oxygen atoms in total. The number of hydrazine groups is 1. The lowest BCUT2D eigenvalue weighted by Gasteiger charge is -2.13. The maximum absolute atomic E-state index is 11.9. The van der Waals surface area contributed by atoms with Crippen LogP contribution in [-0.4, -0.2) is 36.6 Å². The van der Waals surface area contributed by atoms with E-state index in [0.29, 0.717) is 18.7 Å². The number of hydrogen-bond acceptors (Lipinski definition) is 5. The third-order valence-corrected chi connectivity index (χ3v) is 2.93. The van der Waals surface area contributed by atoms with Crippen molar-refractivity contribution in [1.29, 1.82) is 0 Å². The predicted octanol–water partition coefficient (Wildman–Crippen LogP) is 1.07. The number of nitrogens with one attached hydrogen (secondary N) is 1. The summed E-state index contributed by atoms with van der Waals surface area (Å²) in [5, 5.41) is 4.37. The van der Waals surface area contributed by atoms with Gasteiger partial charge in [0, 0.05) is 25.2 Å². The Morgan fingerprint density at radius 3 is 2.48 bits per heavy atom. The van der Waals surface area contributed by atoms with Crippen LogP contribution in [0.5, 0.6) is 0 Å². The van der Waals surface area contributed by atoms with E-state index >= 15 is 0 Å². The number of esters is 1. The molecule has 116 valence electrons. The van der Waals surface area contributed by atoms with Crippen molar-refractivity contribution in [3.63, 3.8) is 0 Å². The molecule has 0 aliphatic heterocycles. The Morgan fingerprint density at radius 2 is 1.90 bits per heavy atom. The van der Waals surface area contributed by atoms with Gasteiger partial charge in [0.1, 0.15) is 0 Å². The third kappa shape index (κ3) is 6.37. The van der Waals surface area contributed by atoms with E-state index < -0.39 is 0 Å². The Morgan fingerprint density at radius 1 is 1.24 bits per heavy atom. The van der Waals surface area contributed by atoms with Crippen LogP contribution in [0.25, 0.3) is 0 Å². The molecule has 1 aromatic carbocycles. The van der Waals surface area contributed by atoms with E-state index in [-0.39, 0.29) is 24.8 Å². The van der Waals surface area contributed by atoms with Crippen molar-refractivity contribution in [2.45, 2.75) is 26.8 Å². The highest BCUT2D eigenvalue weighted by atomic mass is 16.5. The summed E-state index contributed by atoms with van der Waals surface area (Å²) >= 11 is 0. The average molecular weight is 293 g/mol. The van der Waals surface area contributed by atoms with E-state index in [1.54, 1.807) is 24.1 Å². The molecular formula is C15H23N3O3. The number of amides is 1. The molecule has 0 saturated carbocycles. The van der Waals surface area contributed by atoms with Gasteiger partial charge in [-0.25, -0.2) is 5.01 Å². The van der Waals surface area contributed by atoms with Gasteiger partial charge in [-0.1, -0.05) is 19.1 Å². The van der Waals surface area contributed by atoms with Crippen LogP contribution in [-0.2, 0) is 16.1 Å². The zero-order valence-corrected chi connectivity index (χ0v) is 12.6. The van der Waals surface area contributed by atoms with Crippen molar-refractivity contribution in [2.75, 3.05) is 19.7 Å². The van der Waals surface area contributed by atoms with Crippen molar-refractivity contribution in [3.8, 4) is 0 Å². The summed E-state index contributed by atoms with van der Waals surface area (Å²) < 4.78 is 4.79. The normalized spacial score (nSPS) is 10.5. The highest BCUT2D eigenvalue weighted by Crippen LogP contribution is 2.06. The van der Waals surface area contributed by atoms with Crippen LogP contribution < -0.4 is 11.2 Å². The van der Waals surface area contributed by atoms with Crippen LogP contribution in [0.15, 0.2) is 24.3 Å². The molecule has 0 spiro atoms. The number of hydrogen-bond donors (Lipinski definition) is 2. The minimum Gasteiger partial charge on any atom is -0.466 e. The predicted molar refractivity (Wildman–Crippen MR) is 80.3 cm³/mol. The third-order valence-electron chi connectivity index (χ3n) is 2.93. The highest BCUT2D eigenvalue weighted by molar-refractivity contribution is 5.94. The lowest BCUT2D eigenvalue weighted by atomic mass is 10.1. The second-order valence-corrected chi connectivity index (χ2v) is 4.57. The van der Waals surface area contributed by atoms with Crippen molar-refractivity contribution in [2.24, 2.45) is 5.84 Å². The van der Waals surface area contributed by atoms with Crippen molar-refractivity contribution >= 4 is 11.9 Å². The Labute approximate surface area is 125 Å². The molecule has 0 heterocycles. The molecule has 0 aliphatic rings. The maximum atomic E-state index is 11.9. The second-order valence-electron chi connectivity index (χ2n) is 4.57. The Hall–Kier alpha value is -1.92.